The van der Waals surface area contributed by atoms with Crippen molar-refractivity contribution in [2.45, 2.75) is 30.1 Å². The van der Waals surface area contributed by atoms with Crippen molar-refractivity contribution in [3.05, 3.63) is 335 Å². The molecule has 0 unspecified atom stereocenters. The van der Waals surface area contributed by atoms with Crippen LogP contribution < -0.4 is 0 Å². The van der Waals surface area contributed by atoms with Crippen molar-refractivity contribution >= 4 is 0 Å². The molecule has 0 nitrogen and oxygen atoms in total. The van der Waals surface area contributed by atoms with Crippen molar-refractivity contribution < 1.29 is 0 Å². The molecule has 0 radical (unpaired) electrons. The van der Waals surface area contributed by atoms with Crippen LogP contribution in [0.3, 0.4) is 0 Å². The Hall–Kier alpha value is -9.36. The van der Waals surface area contributed by atoms with Gasteiger partial charge in [0.1, 0.15) is 0 Å². The lowest BCUT2D eigenvalue weighted by Crippen LogP contribution is -2.28. The van der Waals surface area contributed by atoms with E-state index in [-0.39, 0.29) is 5.41 Å². The van der Waals surface area contributed by atoms with E-state index in [1.807, 2.05) is 0 Å². The summed E-state index contributed by atoms with van der Waals surface area (Å²) in [5.74, 6) is 0. The van der Waals surface area contributed by atoms with E-state index in [9.17, 15) is 0 Å². The topological polar surface area (TPSA) is 0 Å². The average Bonchev–Trinajstić information content (AvgIpc) is 4.37. The van der Waals surface area contributed by atoms with Gasteiger partial charge in [0.2, 0.25) is 0 Å². The van der Waals surface area contributed by atoms with Crippen LogP contribution >= 0.6 is 0 Å². The number of benzene rings is 12. The van der Waals surface area contributed by atoms with E-state index in [2.05, 4.69) is 293 Å². The van der Waals surface area contributed by atoms with E-state index >= 15 is 0 Å². The maximum atomic E-state index is 2.48. The first-order valence-corrected chi connectivity index (χ1v) is 27.2. The molecular formula is C77H52. The van der Waals surface area contributed by atoms with Crippen LogP contribution in [0.2, 0.25) is 0 Å². The Morgan fingerprint density at radius 2 is 0.519 bits per heavy atom. The van der Waals surface area contributed by atoms with Crippen molar-refractivity contribution in [1.29, 1.82) is 0 Å². The second kappa shape index (κ2) is 16.3. The van der Waals surface area contributed by atoms with Crippen LogP contribution in [0, 0.1) is 0 Å². The Kier molecular flexibility index (Phi) is 9.32. The lowest BCUT2D eigenvalue weighted by atomic mass is 9.67. The van der Waals surface area contributed by atoms with E-state index in [1.54, 1.807) is 0 Å². The second-order valence-corrected chi connectivity index (χ2v) is 22.2. The third-order valence-electron chi connectivity index (χ3n) is 18.2. The normalized spacial score (nSPS) is 14.7. The summed E-state index contributed by atoms with van der Waals surface area (Å²) in [6, 6.07) is 106. The minimum Gasteiger partial charge on any atom is -0.0619 e. The predicted molar refractivity (Wildman–Crippen MR) is 319 cm³/mol. The van der Waals surface area contributed by atoms with Gasteiger partial charge in [-0.15, -0.1) is 0 Å². The molecule has 0 heteroatoms. The molecule has 0 saturated heterocycles. The zero-order valence-electron chi connectivity index (χ0n) is 43.1. The molecule has 0 amide bonds. The SMILES string of the molecule is CC1(C)c2ccccc2-c2ccc(-c3cccc(-c4cccc(C5(c6cccc(-c7cccc(-c8cccc9c8-c8ccccc8C98c9ccccc9-c9ccccc98)c7)c6)c6ccccc6-c6ccccc65)c4)c3)cc21. The summed E-state index contributed by atoms with van der Waals surface area (Å²) < 4.78 is 0. The number of rotatable bonds is 6. The smallest absolute Gasteiger partial charge is 0.0619 e. The first kappa shape index (κ1) is 44.0. The van der Waals surface area contributed by atoms with Crippen LogP contribution in [0.25, 0.3) is 89.0 Å². The van der Waals surface area contributed by atoms with Crippen LogP contribution in [-0.2, 0) is 16.2 Å². The van der Waals surface area contributed by atoms with Gasteiger partial charge in [0.25, 0.3) is 0 Å². The van der Waals surface area contributed by atoms with E-state index in [0.717, 1.165) is 0 Å². The Balaban J connectivity index is 0.828. The summed E-state index contributed by atoms with van der Waals surface area (Å²) >= 11 is 0. The minimum absolute atomic E-state index is 0.0638. The van der Waals surface area contributed by atoms with Crippen LogP contribution in [-0.4, -0.2) is 0 Å². The maximum Gasteiger partial charge on any atom is 0.0725 e. The van der Waals surface area contributed by atoms with Gasteiger partial charge in [-0.1, -0.05) is 263 Å². The van der Waals surface area contributed by atoms with Crippen molar-refractivity contribution in [2.75, 3.05) is 0 Å². The van der Waals surface area contributed by atoms with Crippen molar-refractivity contribution in [3.8, 4) is 89.0 Å². The molecule has 12 aromatic carbocycles. The van der Waals surface area contributed by atoms with Gasteiger partial charge in [-0.05, 0) is 175 Å². The summed E-state index contributed by atoms with van der Waals surface area (Å²) in [6.45, 7) is 4.73. The fraction of sp³-hybridized carbons (Fsp3) is 0.0649. The molecule has 360 valence electrons. The largest absolute Gasteiger partial charge is 0.0725 e. The summed E-state index contributed by atoms with van der Waals surface area (Å²) in [5.41, 5.74) is 32.6. The molecular weight excluding hydrogens is 925 g/mol. The molecule has 77 heavy (non-hydrogen) atoms. The number of fused-ring (bicyclic) bond motifs is 16. The molecule has 1 spiro atoms. The van der Waals surface area contributed by atoms with Gasteiger partial charge in [-0.25, -0.2) is 0 Å². The fourth-order valence-electron chi connectivity index (χ4n) is 14.9. The molecule has 4 aliphatic rings. The van der Waals surface area contributed by atoms with E-state index in [1.165, 1.54) is 145 Å². The van der Waals surface area contributed by atoms with Crippen molar-refractivity contribution in [2.24, 2.45) is 0 Å². The Labute approximate surface area is 451 Å². The zero-order chi connectivity index (χ0) is 51.0. The predicted octanol–water partition coefficient (Wildman–Crippen LogP) is 19.4. The summed E-state index contributed by atoms with van der Waals surface area (Å²) in [4.78, 5) is 0. The maximum absolute atomic E-state index is 2.48. The van der Waals surface area contributed by atoms with Crippen LogP contribution in [0.4, 0.5) is 0 Å². The van der Waals surface area contributed by atoms with E-state index in [0.29, 0.717) is 0 Å². The molecule has 0 heterocycles. The van der Waals surface area contributed by atoms with Gasteiger partial charge in [0, 0.05) is 5.41 Å². The highest BCUT2D eigenvalue weighted by molar-refractivity contribution is 6.00. The van der Waals surface area contributed by atoms with Crippen LogP contribution in [0.5, 0.6) is 0 Å². The molecule has 0 N–H and O–H groups in total. The highest BCUT2D eigenvalue weighted by Crippen LogP contribution is 2.64. The monoisotopic (exact) mass is 976 g/mol. The standard InChI is InChI=1S/C77H52/c1-75(2)66-35-9-3-28-59(66)64-43-42-54(48-73(64)75)50-21-15-20-49(44-50)52-23-17-26-56(46-52)76(67-36-10-4-29-60(67)61-30-5-11-37-68(61)76)57-27-18-24-53(47-57)51-22-16-25-55(45-51)58-34-19-41-72-74(58)65-33-8-14-40-71(65)77(72)69-38-12-6-31-62(69)63-32-7-13-39-70(63)77/h3-48H,1-2H3. The second-order valence-electron chi connectivity index (χ2n) is 22.2. The minimum atomic E-state index is -0.582. The van der Waals surface area contributed by atoms with Gasteiger partial charge in [0.15, 0.2) is 0 Å². The average molecular weight is 977 g/mol. The first-order valence-electron chi connectivity index (χ1n) is 27.2. The third-order valence-corrected chi connectivity index (χ3v) is 18.2. The third kappa shape index (κ3) is 5.99. The Morgan fingerprint density at radius 1 is 0.195 bits per heavy atom. The van der Waals surface area contributed by atoms with E-state index in [4.69, 9.17) is 0 Å². The molecule has 0 aliphatic heterocycles. The van der Waals surface area contributed by atoms with Crippen molar-refractivity contribution in [1.82, 2.24) is 0 Å². The summed E-state index contributed by atoms with van der Waals surface area (Å²) in [5, 5.41) is 0. The Morgan fingerprint density at radius 3 is 1.04 bits per heavy atom. The molecule has 0 aromatic heterocycles. The van der Waals surface area contributed by atoms with E-state index < -0.39 is 10.8 Å². The lowest BCUT2D eigenvalue weighted by molar-refractivity contribution is 0.660. The lowest BCUT2D eigenvalue weighted by Gasteiger charge is -2.34. The van der Waals surface area contributed by atoms with Gasteiger partial charge >= 0.3 is 0 Å². The molecule has 0 atom stereocenters. The van der Waals surface area contributed by atoms with Gasteiger partial charge in [-0.2, -0.15) is 0 Å². The Bertz CT molecular complexity index is 4350. The van der Waals surface area contributed by atoms with Gasteiger partial charge < -0.3 is 0 Å². The molecule has 0 fully saturated rings. The molecule has 4 aliphatic carbocycles. The molecule has 16 rings (SSSR count). The van der Waals surface area contributed by atoms with Crippen LogP contribution in [0.15, 0.2) is 279 Å². The number of hydrogen-bond donors (Lipinski definition) is 0. The number of hydrogen-bond acceptors (Lipinski definition) is 0. The highest BCUT2D eigenvalue weighted by atomic mass is 14.5. The molecule has 0 saturated carbocycles. The van der Waals surface area contributed by atoms with Crippen molar-refractivity contribution in [3.63, 3.8) is 0 Å². The summed E-state index contributed by atoms with van der Waals surface area (Å²) in [7, 11) is 0. The molecule has 12 aromatic rings. The first-order chi connectivity index (χ1) is 37.9. The highest BCUT2D eigenvalue weighted by Gasteiger charge is 2.52. The molecule has 0 bridgehead atoms. The fourth-order valence-corrected chi connectivity index (χ4v) is 14.9. The quantitative estimate of drug-likeness (QED) is 0.156. The van der Waals surface area contributed by atoms with Gasteiger partial charge in [-0.3, -0.25) is 0 Å². The van der Waals surface area contributed by atoms with Crippen LogP contribution in [0.1, 0.15) is 69.5 Å². The van der Waals surface area contributed by atoms with Gasteiger partial charge in [0.05, 0.1) is 10.8 Å². The summed E-state index contributed by atoms with van der Waals surface area (Å²) in [6.07, 6.45) is 0. The zero-order valence-corrected chi connectivity index (χ0v) is 43.1.